The molecule has 0 aliphatic heterocycles. The standard InChI is InChI=1S/C33H44N6O5S2/c1-21(2)39(30(41)42)33-15-12-32(13-16-33,14-17-33)28-35-20-26(45-28)24-11-10-23(19-27(24)46(43,44)38-31(4,5)6)37-29(40)36-22(3)25-9-7-8-18-34-25/h7-11,18-22,38H,12-17H2,1-6H3,(H,41,42)(H2,36,37,40)/t22-,32?,33?/m1/s1. The monoisotopic (exact) mass is 668 g/mol. The first kappa shape index (κ1) is 33.8. The summed E-state index contributed by atoms with van der Waals surface area (Å²) in [6.45, 7) is 11.0. The highest BCUT2D eigenvalue weighted by molar-refractivity contribution is 7.89. The van der Waals surface area contributed by atoms with Gasteiger partial charge in [-0.25, -0.2) is 27.7 Å². The molecule has 1 aromatic carbocycles. The molecule has 2 aromatic heterocycles. The first-order chi connectivity index (χ1) is 21.5. The third kappa shape index (κ3) is 6.91. The molecule has 3 aliphatic carbocycles. The van der Waals surface area contributed by atoms with E-state index < -0.39 is 27.7 Å². The summed E-state index contributed by atoms with van der Waals surface area (Å²) in [6.07, 6.45) is 7.38. The number of urea groups is 1. The lowest BCUT2D eigenvalue weighted by molar-refractivity contribution is -0.0288. The SMILES string of the molecule is CC(C)N(C(=O)O)C12CCC(c3ncc(-c4ccc(NC(=O)N[C@H](C)c5ccccn5)cc4S(=O)(=O)NC(C)(C)C)s3)(CC1)CC2. The van der Waals surface area contributed by atoms with Crippen LogP contribution in [0.1, 0.15) is 96.8 Å². The van der Waals surface area contributed by atoms with E-state index in [1.165, 1.54) is 17.4 Å². The Morgan fingerprint density at radius 1 is 1.00 bits per heavy atom. The number of hydrogen-bond acceptors (Lipinski definition) is 7. The summed E-state index contributed by atoms with van der Waals surface area (Å²) in [5.74, 6) is 0. The Morgan fingerprint density at radius 2 is 1.67 bits per heavy atom. The molecule has 0 unspecified atom stereocenters. The number of hydrogen-bond donors (Lipinski definition) is 4. The first-order valence-corrected chi connectivity index (χ1v) is 18.0. The van der Waals surface area contributed by atoms with E-state index in [4.69, 9.17) is 4.98 Å². The highest BCUT2D eigenvalue weighted by Gasteiger charge is 2.54. The van der Waals surface area contributed by atoms with Gasteiger partial charge in [0, 0.05) is 46.2 Å². The molecule has 6 rings (SSSR count). The number of amides is 3. The number of carbonyl (C=O) groups is 2. The fourth-order valence-corrected chi connectivity index (χ4v) is 9.98. The third-order valence-electron chi connectivity index (χ3n) is 9.11. The summed E-state index contributed by atoms with van der Waals surface area (Å²) >= 11 is 1.49. The molecule has 248 valence electrons. The van der Waals surface area contributed by atoms with Crippen LogP contribution >= 0.6 is 11.3 Å². The molecule has 0 spiro atoms. The molecule has 3 aliphatic rings. The highest BCUT2D eigenvalue weighted by Crippen LogP contribution is 2.57. The van der Waals surface area contributed by atoms with Crippen LogP contribution in [0, 0.1) is 0 Å². The van der Waals surface area contributed by atoms with Gasteiger partial charge in [0.1, 0.15) is 0 Å². The number of anilines is 1. The molecule has 3 aromatic rings. The molecule has 3 saturated carbocycles. The van der Waals surface area contributed by atoms with Gasteiger partial charge in [-0.05, 0) is 104 Å². The predicted octanol–water partition coefficient (Wildman–Crippen LogP) is 6.90. The molecule has 0 radical (unpaired) electrons. The second kappa shape index (κ2) is 12.6. The van der Waals surface area contributed by atoms with Crippen LogP contribution in [0.5, 0.6) is 0 Å². The zero-order valence-corrected chi connectivity index (χ0v) is 28.9. The summed E-state index contributed by atoms with van der Waals surface area (Å²) < 4.78 is 30.3. The number of sulfonamides is 1. The third-order valence-corrected chi connectivity index (χ3v) is 12.2. The van der Waals surface area contributed by atoms with E-state index in [2.05, 4.69) is 20.3 Å². The van der Waals surface area contributed by atoms with Crippen molar-refractivity contribution in [1.29, 1.82) is 0 Å². The lowest BCUT2D eigenvalue weighted by Crippen LogP contribution is -2.61. The summed E-state index contributed by atoms with van der Waals surface area (Å²) in [4.78, 5) is 36.6. The minimum Gasteiger partial charge on any atom is -0.465 e. The van der Waals surface area contributed by atoms with Crippen molar-refractivity contribution in [2.75, 3.05) is 5.32 Å². The number of thiazole rings is 1. The van der Waals surface area contributed by atoms with Crippen molar-refractivity contribution < 1.29 is 23.1 Å². The Balaban J connectivity index is 1.41. The second-order valence-electron chi connectivity index (χ2n) is 13.9. The van der Waals surface area contributed by atoms with E-state index in [1.54, 1.807) is 56.3 Å². The van der Waals surface area contributed by atoms with Crippen molar-refractivity contribution in [3.63, 3.8) is 0 Å². The van der Waals surface area contributed by atoms with Crippen LogP contribution in [0.15, 0.2) is 53.7 Å². The Kier molecular flexibility index (Phi) is 9.24. The largest absolute Gasteiger partial charge is 0.465 e. The molecule has 3 fully saturated rings. The van der Waals surface area contributed by atoms with Crippen LogP contribution in [-0.4, -0.2) is 57.6 Å². The summed E-state index contributed by atoms with van der Waals surface area (Å²) in [5.41, 5.74) is 0.305. The number of carbonyl (C=O) groups excluding carboxylic acids is 1. The van der Waals surface area contributed by atoms with Crippen molar-refractivity contribution in [2.45, 2.75) is 114 Å². The molecule has 2 heterocycles. The molecule has 0 saturated heterocycles. The van der Waals surface area contributed by atoms with Crippen LogP contribution in [-0.2, 0) is 15.4 Å². The second-order valence-corrected chi connectivity index (χ2v) is 16.6. The zero-order valence-electron chi connectivity index (χ0n) is 27.3. The molecule has 1 atom stereocenters. The molecule has 46 heavy (non-hydrogen) atoms. The number of carboxylic acid groups (broad SMARTS) is 1. The van der Waals surface area contributed by atoms with Crippen molar-refractivity contribution in [2.24, 2.45) is 0 Å². The van der Waals surface area contributed by atoms with E-state index >= 15 is 0 Å². The molecule has 4 N–H and O–H groups in total. The maximum Gasteiger partial charge on any atom is 0.407 e. The molecular weight excluding hydrogens is 625 g/mol. The van der Waals surface area contributed by atoms with Gasteiger partial charge in [-0.2, -0.15) is 0 Å². The van der Waals surface area contributed by atoms with Gasteiger partial charge in [-0.1, -0.05) is 12.1 Å². The number of fused-ring (bicyclic) bond motifs is 3. The van der Waals surface area contributed by atoms with Crippen LogP contribution in [0.3, 0.4) is 0 Å². The highest BCUT2D eigenvalue weighted by atomic mass is 32.2. The summed E-state index contributed by atoms with van der Waals surface area (Å²) in [6, 6.07) is 9.41. The number of aromatic nitrogens is 2. The van der Waals surface area contributed by atoms with Gasteiger partial charge < -0.3 is 20.6 Å². The van der Waals surface area contributed by atoms with Gasteiger partial charge in [0.2, 0.25) is 10.0 Å². The Labute approximate surface area is 275 Å². The quantitative estimate of drug-likeness (QED) is 0.194. The lowest BCUT2D eigenvalue weighted by Gasteiger charge is -2.57. The molecule has 11 nitrogen and oxygen atoms in total. The first-order valence-electron chi connectivity index (χ1n) is 15.7. The minimum atomic E-state index is -4.00. The normalized spacial score (nSPS) is 22.0. The number of rotatable bonds is 9. The fraction of sp³-hybridized carbons (Fsp3) is 0.515. The topological polar surface area (TPSA) is 154 Å². The van der Waals surface area contributed by atoms with Crippen molar-refractivity contribution in [1.82, 2.24) is 24.9 Å². The van der Waals surface area contributed by atoms with Gasteiger partial charge >= 0.3 is 12.1 Å². The number of nitrogens with one attached hydrogen (secondary N) is 3. The van der Waals surface area contributed by atoms with Gasteiger partial charge in [0.25, 0.3) is 0 Å². The average Bonchev–Trinajstić information content (AvgIpc) is 3.48. The zero-order chi connectivity index (χ0) is 33.5. The Bertz CT molecular complexity index is 1680. The van der Waals surface area contributed by atoms with Crippen LogP contribution in [0.2, 0.25) is 0 Å². The van der Waals surface area contributed by atoms with Crippen LogP contribution < -0.4 is 15.4 Å². The number of pyridine rings is 1. The van der Waals surface area contributed by atoms with Gasteiger partial charge in [0.15, 0.2) is 0 Å². The van der Waals surface area contributed by atoms with Crippen molar-refractivity contribution in [3.05, 3.63) is 59.5 Å². The van der Waals surface area contributed by atoms with E-state index in [1.807, 2.05) is 32.9 Å². The number of nitrogens with zero attached hydrogens (tertiary/aromatic N) is 3. The van der Waals surface area contributed by atoms with Gasteiger partial charge in [0.05, 0.1) is 26.5 Å². The average molecular weight is 669 g/mol. The Morgan fingerprint density at radius 3 is 2.24 bits per heavy atom. The number of benzene rings is 1. The van der Waals surface area contributed by atoms with Crippen molar-refractivity contribution >= 4 is 39.2 Å². The predicted molar refractivity (Wildman–Crippen MR) is 180 cm³/mol. The fourth-order valence-electron chi connectivity index (χ4n) is 7.02. The van der Waals surface area contributed by atoms with Gasteiger partial charge in [-0.3, -0.25) is 4.98 Å². The minimum absolute atomic E-state index is 0.0473. The van der Waals surface area contributed by atoms with E-state index in [0.717, 1.165) is 48.4 Å². The maximum absolute atomic E-state index is 13.8. The summed E-state index contributed by atoms with van der Waals surface area (Å²) in [7, 11) is -4.00. The molecule has 13 heteroatoms. The van der Waals surface area contributed by atoms with E-state index in [0.29, 0.717) is 16.9 Å². The van der Waals surface area contributed by atoms with Gasteiger partial charge in [-0.15, -0.1) is 11.3 Å². The molecule has 3 amide bonds. The summed E-state index contributed by atoms with van der Waals surface area (Å²) in [5, 5.41) is 16.5. The molecule has 2 bridgehead atoms. The maximum atomic E-state index is 13.8. The smallest absolute Gasteiger partial charge is 0.407 e. The molecular formula is C33H44N6O5S2. The Hall–Kier alpha value is -3.55. The van der Waals surface area contributed by atoms with Crippen molar-refractivity contribution in [3.8, 4) is 10.4 Å². The van der Waals surface area contributed by atoms with E-state index in [-0.39, 0.29) is 27.9 Å². The van der Waals surface area contributed by atoms with Crippen LogP contribution in [0.25, 0.3) is 10.4 Å². The van der Waals surface area contributed by atoms with Crippen LogP contribution in [0.4, 0.5) is 15.3 Å². The van der Waals surface area contributed by atoms with E-state index in [9.17, 15) is 23.1 Å². The lowest BCUT2D eigenvalue weighted by atomic mass is 9.57.